The van der Waals surface area contributed by atoms with Crippen molar-refractivity contribution >= 4 is 27.6 Å². The van der Waals surface area contributed by atoms with Crippen LogP contribution in [-0.4, -0.2) is 47.4 Å². The molecule has 3 N–H and O–H groups in total. The van der Waals surface area contributed by atoms with Crippen LogP contribution in [0.2, 0.25) is 0 Å². The highest BCUT2D eigenvalue weighted by atomic mass is 79.9. The molecule has 6 heteroatoms. The molecule has 0 fully saturated rings. The third kappa shape index (κ3) is 4.72. The average molecular weight is 303 g/mol. The summed E-state index contributed by atoms with van der Waals surface area (Å²) < 4.78 is 0.929. The minimum atomic E-state index is -0.338. The molecule has 0 aliphatic heterocycles. The number of nitrogens with one attached hydrogen (secondary N) is 1. The van der Waals surface area contributed by atoms with Gasteiger partial charge in [-0.25, -0.2) is 4.79 Å². The van der Waals surface area contributed by atoms with Gasteiger partial charge in [0.1, 0.15) is 0 Å². The normalized spacial score (nSPS) is 10.1. The lowest BCUT2D eigenvalue weighted by Gasteiger charge is -2.21. The Hall–Kier alpha value is -1.11. The maximum absolute atomic E-state index is 11.8. The van der Waals surface area contributed by atoms with Gasteiger partial charge < -0.3 is 20.4 Å². The maximum Gasteiger partial charge on any atom is 0.321 e. The van der Waals surface area contributed by atoms with Gasteiger partial charge in [-0.1, -0.05) is 15.9 Å². The number of hydrogen-bond donors (Lipinski definition) is 3. The van der Waals surface area contributed by atoms with Crippen molar-refractivity contribution < 1.29 is 15.0 Å². The minimum absolute atomic E-state index is 0.131. The minimum Gasteiger partial charge on any atom is -0.395 e. The van der Waals surface area contributed by atoms with E-state index in [-0.39, 0.29) is 32.3 Å². The van der Waals surface area contributed by atoms with Gasteiger partial charge in [0, 0.05) is 23.2 Å². The molecular formula is C11H15BrN2O3. The molecule has 5 nitrogen and oxygen atoms in total. The molecule has 94 valence electrons. The lowest BCUT2D eigenvalue weighted by molar-refractivity contribution is 0.167. The van der Waals surface area contributed by atoms with Crippen LogP contribution in [0.25, 0.3) is 0 Å². The maximum atomic E-state index is 11.8. The molecule has 1 aromatic rings. The second-order valence-electron chi connectivity index (χ2n) is 3.37. The largest absolute Gasteiger partial charge is 0.395 e. The lowest BCUT2D eigenvalue weighted by Crippen LogP contribution is -2.38. The number of carbonyl (C=O) groups is 1. The molecule has 0 atom stereocenters. The van der Waals surface area contributed by atoms with Crippen LogP contribution in [0.1, 0.15) is 0 Å². The number of amides is 2. The van der Waals surface area contributed by atoms with E-state index in [1.54, 1.807) is 12.1 Å². The van der Waals surface area contributed by atoms with Crippen molar-refractivity contribution in [3.05, 3.63) is 28.7 Å². The van der Waals surface area contributed by atoms with Gasteiger partial charge in [0.15, 0.2) is 0 Å². The summed E-state index contributed by atoms with van der Waals surface area (Å²) in [6.45, 7) is 0.132. The van der Waals surface area contributed by atoms with Gasteiger partial charge in [0.25, 0.3) is 0 Å². The Balaban J connectivity index is 2.59. The van der Waals surface area contributed by atoms with Crippen LogP contribution in [-0.2, 0) is 0 Å². The molecule has 0 unspecified atom stereocenters. The van der Waals surface area contributed by atoms with E-state index in [2.05, 4.69) is 21.2 Å². The smallest absolute Gasteiger partial charge is 0.321 e. The highest BCUT2D eigenvalue weighted by Crippen LogP contribution is 2.14. The first-order valence-corrected chi connectivity index (χ1v) is 6.00. The van der Waals surface area contributed by atoms with Crippen molar-refractivity contribution in [1.82, 2.24) is 4.90 Å². The average Bonchev–Trinajstić information content (AvgIpc) is 2.32. The van der Waals surface area contributed by atoms with E-state index in [0.717, 1.165) is 4.47 Å². The second-order valence-corrected chi connectivity index (χ2v) is 4.29. The summed E-state index contributed by atoms with van der Waals surface area (Å²) in [6.07, 6.45) is 0. The number of carbonyl (C=O) groups excluding carboxylic acids is 1. The van der Waals surface area contributed by atoms with Gasteiger partial charge >= 0.3 is 6.03 Å². The monoisotopic (exact) mass is 302 g/mol. The summed E-state index contributed by atoms with van der Waals surface area (Å²) in [7, 11) is 0. The van der Waals surface area contributed by atoms with Crippen molar-refractivity contribution in [2.24, 2.45) is 0 Å². The fraction of sp³-hybridized carbons (Fsp3) is 0.364. The van der Waals surface area contributed by atoms with Gasteiger partial charge in [-0.3, -0.25) is 0 Å². The Kier molecular flexibility index (Phi) is 5.96. The van der Waals surface area contributed by atoms with Gasteiger partial charge in [0.05, 0.1) is 13.2 Å². The zero-order valence-corrected chi connectivity index (χ0v) is 10.9. The number of urea groups is 1. The standard InChI is InChI=1S/C11H15BrN2O3/c12-9-1-3-10(4-2-9)13-11(17)14(5-7-15)6-8-16/h1-4,15-16H,5-8H2,(H,13,17). The van der Waals surface area contributed by atoms with Crippen LogP contribution < -0.4 is 5.32 Å². The Morgan fingerprint density at radius 3 is 2.18 bits per heavy atom. The molecule has 0 saturated carbocycles. The fourth-order valence-corrected chi connectivity index (χ4v) is 1.56. The van der Waals surface area contributed by atoms with E-state index in [9.17, 15) is 4.79 Å². The van der Waals surface area contributed by atoms with Crippen LogP contribution in [0.15, 0.2) is 28.7 Å². The molecule has 0 heterocycles. The number of aliphatic hydroxyl groups is 2. The topological polar surface area (TPSA) is 72.8 Å². The van der Waals surface area contributed by atoms with E-state index in [0.29, 0.717) is 5.69 Å². The Morgan fingerprint density at radius 1 is 1.18 bits per heavy atom. The molecule has 0 aliphatic rings. The molecular weight excluding hydrogens is 288 g/mol. The summed E-state index contributed by atoms with van der Waals surface area (Å²) in [5.41, 5.74) is 0.666. The van der Waals surface area contributed by atoms with Gasteiger partial charge in [-0.15, -0.1) is 0 Å². The van der Waals surface area contributed by atoms with E-state index < -0.39 is 0 Å². The number of halogens is 1. The molecule has 0 aromatic heterocycles. The molecule has 0 saturated heterocycles. The number of aliphatic hydroxyl groups excluding tert-OH is 2. The number of hydrogen-bond acceptors (Lipinski definition) is 3. The van der Waals surface area contributed by atoms with Crippen molar-refractivity contribution in [2.75, 3.05) is 31.6 Å². The van der Waals surface area contributed by atoms with E-state index in [4.69, 9.17) is 10.2 Å². The van der Waals surface area contributed by atoms with E-state index >= 15 is 0 Å². The van der Waals surface area contributed by atoms with Crippen molar-refractivity contribution in [2.45, 2.75) is 0 Å². The molecule has 2 amide bonds. The molecule has 1 rings (SSSR count). The Bertz CT molecular complexity index is 350. The predicted molar refractivity (Wildman–Crippen MR) is 68.9 cm³/mol. The highest BCUT2D eigenvalue weighted by Gasteiger charge is 2.11. The number of anilines is 1. The SMILES string of the molecule is O=C(Nc1ccc(Br)cc1)N(CCO)CCO. The second kappa shape index (κ2) is 7.26. The van der Waals surface area contributed by atoms with E-state index in [1.807, 2.05) is 12.1 Å². The van der Waals surface area contributed by atoms with Crippen molar-refractivity contribution in [1.29, 1.82) is 0 Å². The summed E-state index contributed by atoms with van der Waals surface area (Å²) in [6, 6.07) is 6.82. The Morgan fingerprint density at radius 2 is 1.71 bits per heavy atom. The first kappa shape index (κ1) is 14.0. The van der Waals surface area contributed by atoms with Crippen LogP contribution in [0.3, 0.4) is 0 Å². The quantitative estimate of drug-likeness (QED) is 0.767. The Labute approximate surface area is 108 Å². The molecule has 0 bridgehead atoms. The van der Waals surface area contributed by atoms with Gasteiger partial charge in [0.2, 0.25) is 0 Å². The molecule has 1 aromatic carbocycles. The fourth-order valence-electron chi connectivity index (χ4n) is 1.29. The summed E-state index contributed by atoms with van der Waals surface area (Å²) in [5, 5.41) is 20.3. The first-order chi connectivity index (χ1) is 8.17. The van der Waals surface area contributed by atoms with Gasteiger partial charge in [-0.2, -0.15) is 0 Å². The first-order valence-electron chi connectivity index (χ1n) is 5.20. The number of nitrogens with zero attached hydrogens (tertiary/aromatic N) is 1. The lowest BCUT2D eigenvalue weighted by atomic mass is 10.3. The zero-order chi connectivity index (χ0) is 12.7. The van der Waals surface area contributed by atoms with Crippen LogP contribution in [0, 0.1) is 0 Å². The number of benzene rings is 1. The highest BCUT2D eigenvalue weighted by molar-refractivity contribution is 9.10. The molecule has 0 aliphatic carbocycles. The van der Waals surface area contributed by atoms with Crippen molar-refractivity contribution in [3.8, 4) is 0 Å². The van der Waals surface area contributed by atoms with Crippen molar-refractivity contribution in [3.63, 3.8) is 0 Å². The summed E-state index contributed by atoms with van der Waals surface area (Å²) in [5.74, 6) is 0. The van der Waals surface area contributed by atoms with E-state index in [1.165, 1.54) is 4.90 Å². The van der Waals surface area contributed by atoms with Gasteiger partial charge in [-0.05, 0) is 24.3 Å². The zero-order valence-electron chi connectivity index (χ0n) is 9.27. The summed E-state index contributed by atoms with van der Waals surface area (Å²) in [4.78, 5) is 13.1. The van der Waals surface area contributed by atoms with Crippen LogP contribution in [0.5, 0.6) is 0 Å². The summed E-state index contributed by atoms with van der Waals surface area (Å²) >= 11 is 3.30. The molecule has 0 spiro atoms. The number of rotatable bonds is 5. The van der Waals surface area contributed by atoms with Crippen LogP contribution in [0.4, 0.5) is 10.5 Å². The van der Waals surface area contributed by atoms with Crippen LogP contribution >= 0.6 is 15.9 Å². The third-order valence-corrected chi connectivity index (χ3v) is 2.65. The molecule has 17 heavy (non-hydrogen) atoms. The third-order valence-electron chi connectivity index (χ3n) is 2.12. The predicted octanol–water partition coefficient (Wildman–Crippen LogP) is 1.27. The molecule has 0 radical (unpaired) electrons.